The summed E-state index contributed by atoms with van der Waals surface area (Å²) in [6.45, 7) is 3.18. The molecule has 2 rings (SSSR count). The van der Waals surface area contributed by atoms with Crippen molar-refractivity contribution in [3.05, 3.63) is 33.8 Å². The molecular weight excluding hydrogens is 290 g/mol. The monoisotopic (exact) mass is 311 g/mol. The number of benzene rings is 1. The van der Waals surface area contributed by atoms with Crippen LogP contribution in [0.5, 0.6) is 0 Å². The van der Waals surface area contributed by atoms with E-state index in [4.69, 9.17) is 0 Å². The predicted octanol–water partition coefficient (Wildman–Crippen LogP) is 3.54. The summed E-state index contributed by atoms with van der Waals surface area (Å²) in [5.74, 6) is 0. The molecule has 0 spiro atoms. The van der Waals surface area contributed by atoms with Crippen molar-refractivity contribution in [3.8, 4) is 0 Å². The fourth-order valence-electron chi connectivity index (χ4n) is 2.66. The summed E-state index contributed by atoms with van der Waals surface area (Å²) in [7, 11) is 0. The predicted molar refractivity (Wildman–Crippen MR) is 78.6 cm³/mol. The number of rotatable bonds is 4. The lowest BCUT2D eigenvalue weighted by atomic mass is 9.82. The molecule has 0 saturated heterocycles. The first kappa shape index (κ1) is 14.0. The van der Waals surface area contributed by atoms with Crippen LogP contribution < -0.4 is 5.32 Å². The second-order valence-corrected chi connectivity index (χ2v) is 6.29. The lowest BCUT2D eigenvalue weighted by molar-refractivity contribution is 0.119. The van der Waals surface area contributed by atoms with Crippen molar-refractivity contribution in [1.82, 2.24) is 5.32 Å². The van der Waals surface area contributed by atoms with Crippen LogP contribution in [0, 0.1) is 6.92 Å². The van der Waals surface area contributed by atoms with Crippen LogP contribution in [0.3, 0.4) is 0 Å². The number of aliphatic hydroxyl groups excluding tert-OH is 1. The number of aryl methyl sites for hydroxylation is 1. The Morgan fingerprint density at radius 2 is 2.00 bits per heavy atom. The maximum absolute atomic E-state index is 9.65. The van der Waals surface area contributed by atoms with E-state index in [0.717, 1.165) is 23.9 Å². The molecule has 1 aliphatic rings. The standard InChI is InChI=1S/C15H22BrNO/c1-12-5-6-13(9-14(12)16)10-17-15(11-18)7-3-2-4-8-15/h5-6,9,17-18H,2-4,7-8,10-11H2,1H3. The minimum absolute atomic E-state index is 0.0460. The van der Waals surface area contributed by atoms with Crippen LogP contribution in [0.25, 0.3) is 0 Å². The molecule has 18 heavy (non-hydrogen) atoms. The van der Waals surface area contributed by atoms with E-state index in [0.29, 0.717) is 0 Å². The maximum Gasteiger partial charge on any atom is 0.0613 e. The Kier molecular flexibility index (Phi) is 4.82. The average molecular weight is 312 g/mol. The highest BCUT2D eigenvalue weighted by Gasteiger charge is 2.30. The quantitative estimate of drug-likeness (QED) is 0.891. The van der Waals surface area contributed by atoms with Gasteiger partial charge in [-0.05, 0) is 37.0 Å². The summed E-state index contributed by atoms with van der Waals surface area (Å²) in [5, 5.41) is 13.2. The summed E-state index contributed by atoms with van der Waals surface area (Å²) in [5.41, 5.74) is 2.48. The van der Waals surface area contributed by atoms with Gasteiger partial charge >= 0.3 is 0 Å². The second kappa shape index (κ2) is 6.18. The van der Waals surface area contributed by atoms with Gasteiger partial charge < -0.3 is 10.4 Å². The van der Waals surface area contributed by atoms with Crippen molar-refractivity contribution in [2.45, 2.75) is 51.1 Å². The van der Waals surface area contributed by atoms with Crippen molar-refractivity contribution < 1.29 is 5.11 Å². The molecule has 0 aromatic heterocycles. The maximum atomic E-state index is 9.65. The van der Waals surface area contributed by atoms with Gasteiger partial charge in [-0.1, -0.05) is 47.3 Å². The molecule has 0 atom stereocenters. The highest BCUT2D eigenvalue weighted by Crippen LogP contribution is 2.28. The van der Waals surface area contributed by atoms with Gasteiger partial charge in [0.25, 0.3) is 0 Å². The van der Waals surface area contributed by atoms with Gasteiger partial charge in [0, 0.05) is 16.6 Å². The van der Waals surface area contributed by atoms with Gasteiger partial charge in [-0.2, -0.15) is 0 Å². The third kappa shape index (κ3) is 3.34. The molecule has 100 valence electrons. The van der Waals surface area contributed by atoms with E-state index >= 15 is 0 Å². The van der Waals surface area contributed by atoms with E-state index in [9.17, 15) is 5.11 Å². The van der Waals surface area contributed by atoms with Crippen LogP contribution in [0.4, 0.5) is 0 Å². The highest BCUT2D eigenvalue weighted by molar-refractivity contribution is 9.10. The molecule has 1 aromatic carbocycles. The van der Waals surface area contributed by atoms with Crippen molar-refractivity contribution in [2.24, 2.45) is 0 Å². The van der Waals surface area contributed by atoms with Gasteiger partial charge in [-0.15, -0.1) is 0 Å². The normalized spacial score (nSPS) is 18.8. The van der Waals surface area contributed by atoms with Gasteiger partial charge in [0.05, 0.1) is 6.61 Å². The smallest absolute Gasteiger partial charge is 0.0613 e. The minimum atomic E-state index is -0.0460. The lowest BCUT2D eigenvalue weighted by Crippen LogP contribution is -2.49. The van der Waals surface area contributed by atoms with Gasteiger partial charge in [0.15, 0.2) is 0 Å². The summed E-state index contributed by atoms with van der Waals surface area (Å²) >= 11 is 3.57. The van der Waals surface area contributed by atoms with E-state index in [1.54, 1.807) is 0 Å². The molecule has 0 amide bonds. The number of nitrogens with one attached hydrogen (secondary N) is 1. The minimum Gasteiger partial charge on any atom is -0.394 e. The Labute approximate surface area is 118 Å². The molecule has 0 unspecified atom stereocenters. The Morgan fingerprint density at radius 1 is 1.28 bits per heavy atom. The fourth-order valence-corrected chi connectivity index (χ4v) is 3.08. The molecule has 0 radical (unpaired) electrons. The molecule has 0 heterocycles. The zero-order valence-corrected chi connectivity index (χ0v) is 12.6. The molecule has 0 bridgehead atoms. The molecule has 1 saturated carbocycles. The van der Waals surface area contributed by atoms with Gasteiger partial charge in [0.1, 0.15) is 0 Å². The van der Waals surface area contributed by atoms with Crippen LogP contribution in [0.2, 0.25) is 0 Å². The van der Waals surface area contributed by atoms with Crippen LogP contribution in [0.15, 0.2) is 22.7 Å². The SMILES string of the molecule is Cc1ccc(CNC2(CO)CCCCC2)cc1Br. The molecule has 0 aliphatic heterocycles. The number of halogens is 1. The Bertz CT molecular complexity index is 399. The lowest BCUT2D eigenvalue weighted by Gasteiger charge is -2.36. The fraction of sp³-hybridized carbons (Fsp3) is 0.600. The Hall–Kier alpha value is -0.380. The van der Waals surface area contributed by atoms with E-state index in [1.807, 2.05) is 0 Å². The van der Waals surface area contributed by atoms with E-state index < -0.39 is 0 Å². The molecule has 2 nitrogen and oxygen atoms in total. The number of hydrogen-bond acceptors (Lipinski definition) is 2. The third-order valence-electron chi connectivity index (χ3n) is 4.02. The van der Waals surface area contributed by atoms with Crippen molar-refractivity contribution in [3.63, 3.8) is 0 Å². The molecule has 1 aliphatic carbocycles. The van der Waals surface area contributed by atoms with E-state index in [-0.39, 0.29) is 12.1 Å². The molecule has 1 fully saturated rings. The highest BCUT2D eigenvalue weighted by atomic mass is 79.9. The van der Waals surface area contributed by atoms with Crippen LogP contribution in [-0.4, -0.2) is 17.3 Å². The van der Waals surface area contributed by atoms with Crippen molar-refractivity contribution in [2.75, 3.05) is 6.61 Å². The van der Waals surface area contributed by atoms with Crippen LogP contribution in [-0.2, 0) is 6.54 Å². The first-order valence-electron chi connectivity index (χ1n) is 6.76. The largest absolute Gasteiger partial charge is 0.394 e. The molecule has 3 heteroatoms. The van der Waals surface area contributed by atoms with Gasteiger partial charge in [0.2, 0.25) is 0 Å². The summed E-state index contributed by atoms with van der Waals surface area (Å²) in [6, 6.07) is 6.45. The van der Waals surface area contributed by atoms with Crippen LogP contribution >= 0.6 is 15.9 Å². The van der Waals surface area contributed by atoms with Crippen molar-refractivity contribution in [1.29, 1.82) is 0 Å². The second-order valence-electron chi connectivity index (χ2n) is 5.44. The van der Waals surface area contributed by atoms with Gasteiger partial charge in [-0.3, -0.25) is 0 Å². The summed E-state index contributed by atoms with van der Waals surface area (Å²) in [6.07, 6.45) is 5.95. The molecule has 1 aromatic rings. The Morgan fingerprint density at radius 3 is 2.61 bits per heavy atom. The number of aliphatic hydroxyl groups is 1. The van der Waals surface area contributed by atoms with Crippen molar-refractivity contribution >= 4 is 15.9 Å². The zero-order valence-electron chi connectivity index (χ0n) is 11.0. The zero-order chi connectivity index (χ0) is 13.0. The first-order valence-corrected chi connectivity index (χ1v) is 7.55. The number of hydrogen-bond donors (Lipinski definition) is 2. The first-order chi connectivity index (χ1) is 8.65. The average Bonchev–Trinajstić information content (AvgIpc) is 2.41. The molecular formula is C15H22BrNO. The molecule has 2 N–H and O–H groups in total. The Balaban J connectivity index is 1.98. The topological polar surface area (TPSA) is 32.3 Å². The van der Waals surface area contributed by atoms with Gasteiger partial charge in [-0.25, -0.2) is 0 Å². The third-order valence-corrected chi connectivity index (χ3v) is 4.87. The van der Waals surface area contributed by atoms with E-state index in [1.165, 1.54) is 30.4 Å². The van der Waals surface area contributed by atoms with Crippen LogP contribution in [0.1, 0.15) is 43.2 Å². The summed E-state index contributed by atoms with van der Waals surface area (Å²) < 4.78 is 1.16. The van der Waals surface area contributed by atoms with E-state index in [2.05, 4.69) is 46.4 Å². The summed E-state index contributed by atoms with van der Waals surface area (Å²) in [4.78, 5) is 0.